The van der Waals surface area contributed by atoms with Gasteiger partial charge in [-0.1, -0.05) is 79.2 Å². The first kappa shape index (κ1) is 49.7. The van der Waals surface area contributed by atoms with E-state index in [9.17, 15) is 32.4 Å². The molecule has 14 nitrogen and oxygen atoms in total. The number of nitrogens with one attached hydrogen (secondary N) is 2. The molecule has 1 aliphatic rings. The molecular weight excluding hydrogens is 751 g/mol. The highest BCUT2D eigenvalue weighted by Crippen LogP contribution is 2.31. The number of likely N-dealkylation sites (N-methyl/N-ethyl adjacent to an activating group) is 2. The van der Waals surface area contributed by atoms with Crippen LogP contribution in [0.4, 0.5) is 0 Å². The number of carbonyl (C=O) groups excluding carboxylic acids is 5. The Labute approximate surface area is 342 Å². The molecule has 1 aromatic carbocycles. The Bertz CT molecular complexity index is 1590. The second kappa shape index (κ2) is 22.7. The summed E-state index contributed by atoms with van der Waals surface area (Å²) in [6.07, 6.45) is 0.559. The van der Waals surface area contributed by atoms with Crippen LogP contribution < -0.4 is 10.0 Å². The zero-order chi connectivity index (χ0) is 43.4. The number of rotatable bonds is 23. The Kier molecular flexibility index (Phi) is 19.8. The fourth-order valence-corrected chi connectivity index (χ4v) is 9.45. The summed E-state index contributed by atoms with van der Waals surface area (Å²) < 4.78 is 40.2. The second-order valence-electron chi connectivity index (χ2n) is 16.7. The Morgan fingerprint density at radius 2 is 1.49 bits per heavy atom. The molecule has 4 amide bonds. The molecule has 0 unspecified atom stereocenters. The Balaban J connectivity index is 2.23. The first-order valence-electron chi connectivity index (χ1n) is 20.3. The highest BCUT2D eigenvalue weighted by molar-refractivity contribution is 7.89. The quantitative estimate of drug-likeness (QED) is 0.165. The van der Waals surface area contributed by atoms with E-state index in [1.165, 1.54) is 21.1 Å². The summed E-state index contributed by atoms with van der Waals surface area (Å²) in [5, 5.41) is 2.69. The van der Waals surface area contributed by atoms with Crippen LogP contribution in [-0.4, -0.2) is 125 Å². The zero-order valence-electron chi connectivity index (χ0n) is 36.7. The summed E-state index contributed by atoms with van der Waals surface area (Å²) in [6.45, 7) is 15.7. The number of hydrogen-bond donors (Lipinski definition) is 2. The fourth-order valence-electron chi connectivity index (χ4n) is 8.25. The third-order valence-electron chi connectivity index (χ3n) is 11.5. The predicted octanol–water partition coefficient (Wildman–Crippen LogP) is 4.01. The largest absolute Gasteiger partial charge is 0.379 e. The average molecular weight is 822 g/mol. The number of methoxy groups -OCH3 is 2. The Morgan fingerprint density at radius 1 is 0.895 bits per heavy atom. The van der Waals surface area contributed by atoms with Gasteiger partial charge in [-0.05, 0) is 55.8 Å². The number of sulfonamides is 1. The van der Waals surface area contributed by atoms with E-state index in [2.05, 4.69) is 10.0 Å². The number of ketones is 1. The van der Waals surface area contributed by atoms with Gasteiger partial charge >= 0.3 is 0 Å². The smallest absolute Gasteiger partial charge is 0.239 e. The monoisotopic (exact) mass is 821 g/mol. The number of ether oxygens (including phenoxy) is 2. The number of hydrogen-bond acceptors (Lipinski definition) is 10. The van der Waals surface area contributed by atoms with E-state index in [1.54, 1.807) is 48.0 Å². The standard InChI is InChI=1S/C42H71N5O9S/c1-14-28(6)39(46(11)42(52)33(26(2)3)22-35(49)38(27(4)5)45(9)10)36(55-12)23-37(50)47-21-15-16-34(47)40(56-13)29(7)41(51)44-57(53,54)25-32-19-17-31(18-20-32)24-43-30(8)48/h17-20,26-29,33-34,36,38-40H,14-16,21-25H2,1-13H3,(H,43,48)(H,44,51)/t28-,29+,33-,34-,36+,38-,39-,40+/m0/s1. The van der Waals surface area contributed by atoms with Gasteiger partial charge in [-0.2, -0.15) is 0 Å². The van der Waals surface area contributed by atoms with Crippen LogP contribution in [-0.2, 0) is 55.8 Å². The summed E-state index contributed by atoms with van der Waals surface area (Å²) >= 11 is 0. The van der Waals surface area contributed by atoms with E-state index in [-0.39, 0.29) is 60.1 Å². The number of amides is 4. The van der Waals surface area contributed by atoms with Crippen LogP contribution in [0.3, 0.4) is 0 Å². The predicted molar refractivity (Wildman–Crippen MR) is 221 cm³/mol. The van der Waals surface area contributed by atoms with Gasteiger partial charge in [-0.15, -0.1) is 0 Å². The first-order valence-corrected chi connectivity index (χ1v) is 21.9. The van der Waals surface area contributed by atoms with Gasteiger partial charge in [0.15, 0.2) is 5.78 Å². The number of nitrogens with zero attached hydrogens (tertiary/aromatic N) is 3. The number of likely N-dealkylation sites (tertiary alicyclic amines) is 1. The molecule has 1 fully saturated rings. The fraction of sp³-hybridized carbons (Fsp3) is 0.738. The molecule has 0 saturated carbocycles. The molecule has 1 aromatic rings. The van der Waals surface area contributed by atoms with Crippen LogP contribution in [0.15, 0.2) is 24.3 Å². The maximum Gasteiger partial charge on any atom is 0.239 e. The third kappa shape index (κ3) is 14.1. The van der Waals surface area contributed by atoms with E-state index < -0.39 is 57.8 Å². The van der Waals surface area contributed by atoms with Gasteiger partial charge in [0.1, 0.15) is 0 Å². The lowest BCUT2D eigenvalue weighted by Gasteiger charge is -2.41. The average Bonchev–Trinajstić information content (AvgIpc) is 3.61. The van der Waals surface area contributed by atoms with Gasteiger partial charge in [0.25, 0.3) is 0 Å². The number of carbonyl (C=O) groups is 5. The van der Waals surface area contributed by atoms with Crippen molar-refractivity contribution < 1.29 is 41.9 Å². The van der Waals surface area contributed by atoms with Crippen molar-refractivity contribution in [3.63, 3.8) is 0 Å². The van der Waals surface area contributed by atoms with E-state index in [0.29, 0.717) is 31.5 Å². The molecule has 2 N–H and O–H groups in total. The van der Waals surface area contributed by atoms with Crippen molar-refractivity contribution in [1.29, 1.82) is 0 Å². The summed E-state index contributed by atoms with van der Waals surface area (Å²) in [4.78, 5) is 71.9. The van der Waals surface area contributed by atoms with Gasteiger partial charge in [0.2, 0.25) is 33.7 Å². The van der Waals surface area contributed by atoms with Gasteiger partial charge < -0.3 is 24.6 Å². The van der Waals surface area contributed by atoms with E-state index >= 15 is 0 Å². The molecule has 0 aromatic heterocycles. The molecule has 0 spiro atoms. The first-order chi connectivity index (χ1) is 26.6. The van der Waals surface area contributed by atoms with Crippen LogP contribution in [0.1, 0.15) is 98.6 Å². The normalized spacial score (nSPS) is 18.5. The van der Waals surface area contributed by atoms with E-state index in [0.717, 1.165) is 12.0 Å². The topological polar surface area (TPSA) is 172 Å². The Morgan fingerprint density at radius 3 is 1.98 bits per heavy atom. The van der Waals surface area contributed by atoms with Crippen molar-refractivity contribution in [2.75, 3.05) is 41.9 Å². The van der Waals surface area contributed by atoms with Crippen molar-refractivity contribution in [2.45, 2.75) is 130 Å². The molecule has 1 saturated heterocycles. The minimum absolute atomic E-state index is 0.0215. The minimum Gasteiger partial charge on any atom is -0.379 e. The van der Waals surface area contributed by atoms with Crippen LogP contribution >= 0.6 is 0 Å². The molecular formula is C42H71N5O9S. The zero-order valence-corrected chi connectivity index (χ0v) is 37.5. The highest BCUT2D eigenvalue weighted by Gasteiger charge is 2.43. The Hall–Kier alpha value is -3.40. The molecule has 2 rings (SSSR count). The molecule has 324 valence electrons. The summed E-state index contributed by atoms with van der Waals surface area (Å²) in [6, 6.07) is 5.42. The summed E-state index contributed by atoms with van der Waals surface area (Å²) in [5.74, 6) is -3.22. The number of benzene rings is 1. The number of Topliss-reactive ketones (excluding diaryl/α,β-unsaturated/α-hetero) is 1. The van der Waals surface area contributed by atoms with Crippen LogP contribution in [0.25, 0.3) is 0 Å². The van der Waals surface area contributed by atoms with Gasteiger partial charge in [-0.3, -0.25) is 33.6 Å². The van der Waals surface area contributed by atoms with Crippen molar-refractivity contribution in [2.24, 2.45) is 29.6 Å². The lowest BCUT2D eigenvalue weighted by Crippen LogP contribution is -2.54. The van der Waals surface area contributed by atoms with Crippen molar-refractivity contribution in [3.05, 3.63) is 35.4 Å². The molecule has 1 heterocycles. The lowest BCUT2D eigenvalue weighted by atomic mass is 9.83. The maximum atomic E-state index is 14.3. The summed E-state index contributed by atoms with van der Waals surface area (Å²) in [7, 11) is 4.39. The molecule has 15 heteroatoms. The summed E-state index contributed by atoms with van der Waals surface area (Å²) in [5.41, 5.74) is 1.28. The van der Waals surface area contributed by atoms with E-state index in [4.69, 9.17) is 9.47 Å². The van der Waals surface area contributed by atoms with Crippen LogP contribution in [0.5, 0.6) is 0 Å². The molecule has 0 bridgehead atoms. The van der Waals surface area contributed by atoms with Gasteiger partial charge in [0.05, 0.1) is 48.4 Å². The van der Waals surface area contributed by atoms with E-state index in [1.807, 2.05) is 60.5 Å². The van der Waals surface area contributed by atoms with Gasteiger partial charge in [0, 0.05) is 53.6 Å². The SMILES string of the molecule is CC[C@H](C)[C@@H]([C@@H](CC(=O)N1CCC[C@H]1[C@H](OC)[C@@H](C)C(=O)NS(=O)(=O)Cc1ccc(CNC(C)=O)cc1)OC)N(C)C(=O)[C@@H](CC(=O)[C@H](C(C)C)N(C)C)C(C)C. The molecule has 57 heavy (non-hydrogen) atoms. The van der Waals surface area contributed by atoms with Crippen molar-refractivity contribution in [3.8, 4) is 0 Å². The second-order valence-corrected chi connectivity index (χ2v) is 18.4. The van der Waals surface area contributed by atoms with Gasteiger partial charge in [-0.25, -0.2) is 8.42 Å². The van der Waals surface area contributed by atoms with Crippen molar-refractivity contribution in [1.82, 2.24) is 24.7 Å². The lowest BCUT2D eigenvalue weighted by molar-refractivity contribution is -0.149. The minimum atomic E-state index is -4.07. The molecule has 8 atom stereocenters. The molecule has 0 aliphatic carbocycles. The molecule has 0 radical (unpaired) electrons. The van der Waals surface area contributed by atoms with Crippen LogP contribution in [0, 0.1) is 29.6 Å². The van der Waals surface area contributed by atoms with Crippen LogP contribution in [0.2, 0.25) is 0 Å². The third-order valence-corrected chi connectivity index (χ3v) is 12.7. The highest BCUT2D eigenvalue weighted by atomic mass is 32.2. The van der Waals surface area contributed by atoms with Crippen molar-refractivity contribution >= 4 is 39.4 Å². The molecule has 1 aliphatic heterocycles. The maximum absolute atomic E-state index is 14.3.